The highest BCUT2D eigenvalue weighted by Crippen LogP contribution is 2.26. The molecule has 1 aromatic heterocycles. The van der Waals surface area contributed by atoms with E-state index in [1.807, 2.05) is 19.1 Å². The van der Waals surface area contributed by atoms with E-state index in [0.717, 1.165) is 16.8 Å². The molecule has 0 saturated carbocycles. The lowest BCUT2D eigenvalue weighted by Crippen LogP contribution is -2.33. The summed E-state index contributed by atoms with van der Waals surface area (Å²) in [6.45, 7) is 2.51. The number of carbonyl (C=O) groups excluding carboxylic acids is 1. The van der Waals surface area contributed by atoms with E-state index in [4.69, 9.17) is 16.3 Å². The van der Waals surface area contributed by atoms with Gasteiger partial charge < -0.3 is 10.1 Å². The molecule has 1 aliphatic rings. The second-order valence-corrected chi connectivity index (χ2v) is 5.84. The number of rotatable bonds is 4. The zero-order chi connectivity index (χ0) is 16.4. The van der Waals surface area contributed by atoms with Crippen molar-refractivity contribution in [1.82, 2.24) is 15.1 Å². The summed E-state index contributed by atoms with van der Waals surface area (Å²) in [6.07, 6.45) is -0.158. The average molecular weight is 334 g/mol. The van der Waals surface area contributed by atoms with Gasteiger partial charge in [-0.05, 0) is 24.6 Å². The van der Waals surface area contributed by atoms with E-state index < -0.39 is 0 Å². The van der Waals surface area contributed by atoms with Crippen molar-refractivity contribution in [3.63, 3.8) is 0 Å². The smallest absolute Gasteiger partial charge is 0.267 e. The summed E-state index contributed by atoms with van der Waals surface area (Å²) in [5, 5.41) is 7.65. The van der Waals surface area contributed by atoms with Crippen molar-refractivity contribution < 1.29 is 9.53 Å². The van der Waals surface area contributed by atoms with E-state index in [1.54, 1.807) is 12.1 Å². The van der Waals surface area contributed by atoms with Crippen LogP contribution in [0, 0.1) is 0 Å². The fourth-order valence-corrected chi connectivity index (χ4v) is 2.53. The molecular weight excluding hydrogens is 318 g/mol. The molecule has 0 unspecified atom stereocenters. The molecular formula is C16H16ClN3O3. The van der Waals surface area contributed by atoms with Crippen molar-refractivity contribution in [1.29, 1.82) is 0 Å². The first kappa shape index (κ1) is 15.7. The molecule has 0 radical (unpaired) electrons. The summed E-state index contributed by atoms with van der Waals surface area (Å²) in [4.78, 5) is 24.0. The van der Waals surface area contributed by atoms with Gasteiger partial charge in [-0.15, -0.1) is 0 Å². The van der Waals surface area contributed by atoms with Crippen LogP contribution < -0.4 is 10.9 Å². The van der Waals surface area contributed by atoms with Crippen molar-refractivity contribution in [3.05, 3.63) is 62.5 Å². The summed E-state index contributed by atoms with van der Waals surface area (Å²) < 4.78 is 6.60. The molecule has 1 aliphatic heterocycles. The van der Waals surface area contributed by atoms with Crippen molar-refractivity contribution in [3.8, 4) is 0 Å². The van der Waals surface area contributed by atoms with E-state index in [9.17, 15) is 9.59 Å². The Hall–Kier alpha value is -2.18. The topological polar surface area (TPSA) is 73.2 Å². The Morgan fingerprint density at radius 3 is 2.91 bits per heavy atom. The van der Waals surface area contributed by atoms with Crippen LogP contribution in [0.2, 0.25) is 5.02 Å². The number of benzene rings is 1. The number of aromatic nitrogens is 2. The SMILES string of the molecule is C[C@H]1OCc2cc(=O)n(CC(=O)NCc3ccc(Cl)cc3)nc21. The summed E-state index contributed by atoms with van der Waals surface area (Å²) in [5.74, 6) is -0.277. The Labute approximate surface area is 138 Å². The van der Waals surface area contributed by atoms with Crippen LogP contribution in [-0.4, -0.2) is 15.7 Å². The molecule has 0 aliphatic carbocycles. The number of hydrogen-bond donors (Lipinski definition) is 1. The third kappa shape index (κ3) is 3.60. The molecule has 23 heavy (non-hydrogen) atoms. The molecule has 2 aromatic rings. The van der Waals surface area contributed by atoms with Crippen LogP contribution in [0.5, 0.6) is 0 Å². The van der Waals surface area contributed by atoms with E-state index in [-0.39, 0.29) is 24.1 Å². The summed E-state index contributed by atoms with van der Waals surface area (Å²) >= 11 is 5.81. The zero-order valence-electron chi connectivity index (χ0n) is 12.6. The van der Waals surface area contributed by atoms with Gasteiger partial charge in [0.1, 0.15) is 6.54 Å². The maximum absolute atomic E-state index is 12.0. The number of hydrogen-bond acceptors (Lipinski definition) is 4. The molecule has 7 heteroatoms. The van der Waals surface area contributed by atoms with Crippen LogP contribution in [0.25, 0.3) is 0 Å². The quantitative estimate of drug-likeness (QED) is 0.926. The monoisotopic (exact) mass is 333 g/mol. The summed E-state index contributed by atoms with van der Waals surface area (Å²) in [7, 11) is 0. The first-order valence-electron chi connectivity index (χ1n) is 7.26. The number of carbonyl (C=O) groups is 1. The maximum Gasteiger partial charge on any atom is 0.267 e. The minimum atomic E-state index is -0.303. The van der Waals surface area contributed by atoms with Crippen LogP contribution in [-0.2, 0) is 29.2 Å². The zero-order valence-corrected chi connectivity index (χ0v) is 13.3. The van der Waals surface area contributed by atoms with Crippen LogP contribution in [0.15, 0.2) is 35.1 Å². The average Bonchev–Trinajstić information content (AvgIpc) is 2.88. The third-order valence-corrected chi connectivity index (χ3v) is 3.93. The molecule has 120 valence electrons. The molecule has 0 saturated heterocycles. The van der Waals surface area contributed by atoms with Gasteiger partial charge in [0.2, 0.25) is 5.91 Å². The van der Waals surface area contributed by atoms with Gasteiger partial charge in [0.25, 0.3) is 5.56 Å². The second kappa shape index (κ2) is 6.52. The third-order valence-electron chi connectivity index (χ3n) is 3.68. The lowest BCUT2D eigenvalue weighted by Gasteiger charge is -2.09. The second-order valence-electron chi connectivity index (χ2n) is 5.41. The van der Waals surface area contributed by atoms with Crippen molar-refractivity contribution in [2.24, 2.45) is 0 Å². The number of amides is 1. The number of ether oxygens (including phenoxy) is 1. The van der Waals surface area contributed by atoms with Gasteiger partial charge in [0.15, 0.2) is 0 Å². The molecule has 3 rings (SSSR count). The highest BCUT2D eigenvalue weighted by molar-refractivity contribution is 6.30. The Kier molecular flexibility index (Phi) is 4.45. The Morgan fingerprint density at radius 1 is 1.43 bits per heavy atom. The summed E-state index contributed by atoms with van der Waals surface area (Å²) in [5.41, 5.74) is 2.14. The standard InChI is InChI=1S/C16H16ClN3O3/c1-10-16-12(9-23-10)6-15(22)20(19-16)8-14(21)18-7-11-2-4-13(17)5-3-11/h2-6,10H,7-9H2,1H3,(H,18,21)/t10-/m1/s1. The molecule has 1 atom stereocenters. The largest absolute Gasteiger partial charge is 0.367 e. The van der Waals surface area contributed by atoms with E-state index in [1.165, 1.54) is 10.7 Å². The fraction of sp³-hybridized carbons (Fsp3) is 0.312. The van der Waals surface area contributed by atoms with Crippen molar-refractivity contribution in [2.75, 3.05) is 0 Å². The Morgan fingerprint density at radius 2 is 2.17 bits per heavy atom. The van der Waals surface area contributed by atoms with Crippen LogP contribution in [0.1, 0.15) is 29.8 Å². The lowest BCUT2D eigenvalue weighted by molar-refractivity contribution is -0.122. The van der Waals surface area contributed by atoms with E-state index in [2.05, 4.69) is 10.4 Å². The van der Waals surface area contributed by atoms with Gasteiger partial charge >= 0.3 is 0 Å². The van der Waals surface area contributed by atoms with Gasteiger partial charge in [0.05, 0.1) is 18.4 Å². The van der Waals surface area contributed by atoms with Gasteiger partial charge in [-0.3, -0.25) is 9.59 Å². The molecule has 1 aromatic carbocycles. The van der Waals surface area contributed by atoms with Crippen LogP contribution >= 0.6 is 11.6 Å². The fourth-order valence-electron chi connectivity index (χ4n) is 2.40. The first-order chi connectivity index (χ1) is 11.0. The van der Waals surface area contributed by atoms with Gasteiger partial charge in [0, 0.05) is 23.2 Å². The van der Waals surface area contributed by atoms with E-state index >= 15 is 0 Å². The number of nitrogens with one attached hydrogen (secondary N) is 1. The van der Waals surface area contributed by atoms with Crippen LogP contribution in [0.4, 0.5) is 0 Å². The van der Waals surface area contributed by atoms with Gasteiger partial charge in [-0.2, -0.15) is 5.10 Å². The first-order valence-corrected chi connectivity index (χ1v) is 7.64. The molecule has 6 nitrogen and oxygen atoms in total. The Bertz CT molecular complexity index is 786. The summed E-state index contributed by atoms with van der Waals surface area (Å²) in [6, 6.07) is 8.68. The van der Waals surface area contributed by atoms with Gasteiger partial charge in [-0.1, -0.05) is 23.7 Å². The predicted molar refractivity (Wildman–Crippen MR) is 85.0 cm³/mol. The predicted octanol–water partition coefficient (Wildman–Crippen LogP) is 1.80. The molecule has 1 amide bonds. The minimum Gasteiger partial charge on any atom is -0.367 e. The molecule has 0 bridgehead atoms. The minimum absolute atomic E-state index is 0.119. The number of fused-ring (bicyclic) bond motifs is 1. The lowest BCUT2D eigenvalue weighted by atomic mass is 10.2. The molecule has 2 heterocycles. The molecule has 1 N–H and O–H groups in total. The van der Waals surface area contributed by atoms with Crippen molar-refractivity contribution >= 4 is 17.5 Å². The highest BCUT2D eigenvalue weighted by Gasteiger charge is 2.23. The number of nitrogens with zero attached hydrogens (tertiary/aromatic N) is 2. The normalized spacial score (nSPS) is 16.2. The van der Waals surface area contributed by atoms with E-state index in [0.29, 0.717) is 18.2 Å². The van der Waals surface area contributed by atoms with Crippen molar-refractivity contribution in [2.45, 2.75) is 32.7 Å². The van der Waals surface area contributed by atoms with Crippen LogP contribution in [0.3, 0.4) is 0 Å². The molecule has 0 fully saturated rings. The molecule has 0 spiro atoms. The maximum atomic E-state index is 12.0. The number of halogens is 1. The van der Waals surface area contributed by atoms with Gasteiger partial charge in [-0.25, -0.2) is 4.68 Å². The highest BCUT2D eigenvalue weighted by atomic mass is 35.5. The Balaban J connectivity index is 1.65.